The molecule has 1 heterocycles. The van der Waals surface area contributed by atoms with Crippen LogP contribution in [0.2, 0.25) is 0 Å². The van der Waals surface area contributed by atoms with E-state index in [1.807, 2.05) is 0 Å². The van der Waals surface area contributed by atoms with Crippen molar-refractivity contribution in [2.75, 3.05) is 0 Å². The average molecular weight is 194 g/mol. The van der Waals surface area contributed by atoms with Gasteiger partial charge in [0.15, 0.2) is 0 Å². The SMILES string of the molecule is O=C1C=C(CC2CCCCC2)C(=O)O1. The standard InChI is InChI=1S/C11H14O3/c12-10-7-9(11(13)14-10)6-8-4-2-1-3-5-8/h7-8H,1-6H2. The number of carbonyl (C=O) groups excluding carboxylic acids is 2. The predicted molar refractivity (Wildman–Crippen MR) is 50.4 cm³/mol. The number of esters is 2. The highest BCUT2D eigenvalue weighted by molar-refractivity contribution is 6.08. The van der Waals surface area contributed by atoms with Crippen molar-refractivity contribution < 1.29 is 14.3 Å². The van der Waals surface area contributed by atoms with Crippen molar-refractivity contribution in [3.8, 4) is 0 Å². The molecule has 1 aliphatic carbocycles. The van der Waals surface area contributed by atoms with Gasteiger partial charge in [-0.3, -0.25) is 0 Å². The summed E-state index contributed by atoms with van der Waals surface area (Å²) in [7, 11) is 0. The van der Waals surface area contributed by atoms with Crippen molar-refractivity contribution in [1.82, 2.24) is 0 Å². The highest BCUT2D eigenvalue weighted by atomic mass is 16.6. The zero-order chi connectivity index (χ0) is 9.97. The van der Waals surface area contributed by atoms with Gasteiger partial charge in [0.1, 0.15) is 0 Å². The van der Waals surface area contributed by atoms with Crippen LogP contribution in [0.15, 0.2) is 11.6 Å². The van der Waals surface area contributed by atoms with Crippen molar-refractivity contribution in [2.24, 2.45) is 5.92 Å². The first-order chi connectivity index (χ1) is 6.75. The summed E-state index contributed by atoms with van der Waals surface area (Å²) in [6, 6.07) is 0. The molecule has 2 rings (SSSR count). The highest BCUT2D eigenvalue weighted by Gasteiger charge is 2.26. The zero-order valence-corrected chi connectivity index (χ0v) is 8.12. The first-order valence-corrected chi connectivity index (χ1v) is 5.22. The van der Waals surface area contributed by atoms with E-state index in [0.717, 1.165) is 6.42 Å². The molecule has 3 nitrogen and oxygen atoms in total. The fraction of sp³-hybridized carbons (Fsp3) is 0.636. The molecule has 0 bridgehead atoms. The molecule has 0 amide bonds. The smallest absolute Gasteiger partial charge is 0.342 e. The number of hydrogen-bond donors (Lipinski definition) is 0. The minimum atomic E-state index is -0.499. The maximum Gasteiger partial charge on any atom is 0.342 e. The van der Waals surface area contributed by atoms with Gasteiger partial charge in [0.25, 0.3) is 0 Å². The molecule has 0 atom stereocenters. The van der Waals surface area contributed by atoms with Gasteiger partial charge in [0.2, 0.25) is 0 Å². The van der Waals surface area contributed by atoms with Crippen molar-refractivity contribution in [2.45, 2.75) is 38.5 Å². The van der Waals surface area contributed by atoms with Crippen molar-refractivity contribution in [3.63, 3.8) is 0 Å². The summed E-state index contributed by atoms with van der Waals surface area (Å²) in [4.78, 5) is 21.9. The van der Waals surface area contributed by atoms with Gasteiger partial charge in [-0.15, -0.1) is 0 Å². The van der Waals surface area contributed by atoms with Crippen LogP contribution >= 0.6 is 0 Å². The van der Waals surface area contributed by atoms with Crippen LogP contribution in [0.4, 0.5) is 0 Å². The lowest BCUT2D eigenvalue weighted by atomic mass is 9.85. The van der Waals surface area contributed by atoms with Crippen LogP contribution in [0.25, 0.3) is 0 Å². The van der Waals surface area contributed by atoms with Crippen molar-refractivity contribution in [3.05, 3.63) is 11.6 Å². The van der Waals surface area contributed by atoms with E-state index >= 15 is 0 Å². The van der Waals surface area contributed by atoms with E-state index in [4.69, 9.17) is 0 Å². The van der Waals surface area contributed by atoms with Gasteiger partial charge < -0.3 is 4.74 Å². The fourth-order valence-electron chi connectivity index (χ4n) is 2.23. The number of hydrogen-bond acceptors (Lipinski definition) is 3. The Balaban J connectivity index is 1.93. The number of rotatable bonds is 2. The molecule has 76 valence electrons. The molecule has 0 aromatic rings. The molecule has 0 N–H and O–H groups in total. The van der Waals surface area contributed by atoms with Gasteiger partial charge in [-0.05, 0) is 12.3 Å². The first-order valence-electron chi connectivity index (χ1n) is 5.22. The van der Waals surface area contributed by atoms with Crippen molar-refractivity contribution >= 4 is 11.9 Å². The van der Waals surface area contributed by atoms with E-state index in [0.29, 0.717) is 11.5 Å². The van der Waals surface area contributed by atoms with Crippen LogP contribution in [0.5, 0.6) is 0 Å². The molecule has 1 fully saturated rings. The molecule has 2 aliphatic rings. The summed E-state index contributed by atoms with van der Waals surface area (Å²) in [6.45, 7) is 0. The summed E-state index contributed by atoms with van der Waals surface area (Å²) < 4.78 is 4.44. The lowest BCUT2D eigenvalue weighted by Crippen LogP contribution is -2.10. The second-order valence-electron chi connectivity index (χ2n) is 4.09. The Morgan fingerprint density at radius 1 is 1.21 bits per heavy atom. The van der Waals surface area contributed by atoms with Gasteiger partial charge in [-0.25, -0.2) is 9.59 Å². The Labute approximate surface area is 83.1 Å². The van der Waals surface area contributed by atoms with Crippen LogP contribution in [-0.2, 0) is 14.3 Å². The van der Waals surface area contributed by atoms with Gasteiger partial charge in [0.05, 0.1) is 0 Å². The summed E-state index contributed by atoms with van der Waals surface area (Å²) in [5.74, 6) is -0.352. The molecule has 1 aliphatic heterocycles. The van der Waals surface area contributed by atoms with Crippen LogP contribution in [0.3, 0.4) is 0 Å². The quantitative estimate of drug-likeness (QED) is 0.498. The van der Waals surface area contributed by atoms with Gasteiger partial charge in [0, 0.05) is 11.6 Å². The number of cyclic esters (lactones) is 2. The molecule has 1 saturated carbocycles. The summed E-state index contributed by atoms with van der Waals surface area (Å²) in [5, 5.41) is 0. The van der Waals surface area contributed by atoms with Crippen LogP contribution < -0.4 is 0 Å². The molecule has 0 spiro atoms. The number of carbonyl (C=O) groups is 2. The lowest BCUT2D eigenvalue weighted by Gasteiger charge is -2.20. The lowest BCUT2D eigenvalue weighted by molar-refractivity contribution is -0.150. The van der Waals surface area contributed by atoms with Gasteiger partial charge in [-0.1, -0.05) is 32.1 Å². The Morgan fingerprint density at radius 3 is 2.50 bits per heavy atom. The minimum absolute atomic E-state index is 0.430. The van der Waals surface area contributed by atoms with E-state index in [2.05, 4.69) is 4.74 Å². The third-order valence-electron chi connectivity index (χ3n) is 2.98. The first kappa shape index (κ1) is 9.44. The number of ether oxygens (including phenoxy) is 1. The predicted octanol–water partition coefficient (Wildman–Crippen LogP) is 1.97. The molecule has 3 heteroatoms. The normalized spacial score (nSPS) is 23.6. The Morgan fingerprint density at radius 2 is 1.93 bits per heavy atom. The maximum absolute atomic E-state index is 11.1. The molecule has 0 aromatic heterocycles. The van der Waals surface area contributed by atoms with Gasteiger partial charge >= 0.3 is 11.9 Å². The van der Waals surface area contributed by atoms with E-state index in [1.54, 1.807) is 0 Å². The summed E-state index contributed by atoms with van der Waals surface area (Å²) in [6.07, 6.45) is 8.24. The molecule has 0 aromatic carbocycles. The zero-order valence-electron chi connectivity index (χ0n) is 8.12. The largest absolute Gasteiger partial charge is 0.386 e. The second-order valence-corrected chi connectivity index (χ2v) is 4.09. The van der Waals surface area contributed by atoms with Crippen LogP contribution in [0.1, 0.15) is 38.5 Å². The Bertz CT molecular complexity index is 285. The molecular weight excluding hydrogens is 180 g/mol. The molecule has 0 saturated heterocycles. The fourth-order valence-corrected chi connectivity index (χ4v) is 2.23. The van der Waals surface area contributed by atoms with E-state index in [9.17, 15) is 9.59 Å². The summed E-state index contributed by atoms with van der Waals surface area (Å²) in [5.41, 5.74) is 0.571. The molecular formula is C11H14O3. The molecule has 0 radical (unpaired) electrons. The third-order valence-corrected chi connectivity index (χ3v) is 2.98. The van der Waals surface area contributed by atoms with Crippen LogP contribution in [-0.4, -0.2) is 11.9 Å². The Hall–Kier alpha value is -1.12. The van der Waals surface area contributed by atoms with E-state index < -0.39 is 11.9 Å². The minimum Gasteiger partial charge on any atom is -0.386 e. The molecule has 0 unspecified atom stereocenters. The van der Waals surface area contributed by atoms with Crippen LogP contribution in [0, 0.1) is 5.92 Å². The average Bonchev–Trinajstić information content (AvgIpc) is 2.47. The van der Waals surface area contributed by atoms with E-state index in [1.165, 1.54) is 38.2 Å². The highest BCUT2D eigenvalue weighted by Crippen LogP contribution is 2.30. The summed E-state index contributed by atoms with van der Waals surface area (Å²) >= 11 is 0. The monoisotopic (exact) mass is 194 g/mol. The van der Waals surface area contributed by atoms with Crippen molar-refractivity contribution in [1.29, 1.82) is 0 Å². The van der Waals surface area contributed by atoms with E-state index in [-0.39, 0.29) is 0 Å². The third kappa shape index (κ3) is 2.03. The Kier molecular flexibility index (Phi) is 2.66. The topological polar surface area (TPSA) is 43.4 Å². The maximum atomic E-state index is 11.1. The molecule has 14 heavy (non-hydrogen) atoms. The van der Waals surface area contributed by atoms with Gasteiger partial charge in [-0.2, -0.15) is 0 Å². The second kappa shape index (κ2) is 3.95.